The van der Waals surface area contributed by atoms with Gasteiger partial charge in [0.15, 0.2) is 5.78 Å². The minimum atomic E-state index is 0.279. The first-order valence-corrected chi connectivity index (χ1v) is 7.73. The number of Topliss-reactive ketones (excluding diaryl/α,β-unsaturated/α-hetero) is 1. The molecule has 1 aromatic rings. The number of carbonyl (C=O) groups is 1. The summed E-state index contributed by atoms with van der Waals surface area (Å²) in [6.07, 6.45) is 2.42. The first kappa shape index (κ1) is 15.2. The zero-order valence-electron chi connectivity index (χ0n) is 13.5. The first-order chi connectivity index (χ1) is 9.38. The smallest absolute Gasteiger partial charge is 0.177 e. The maximum absolute atomic E-state index is 12.7. The van der Waals surface area contributed by atoms with Gasteiger partial charge in [-0.1, -0.05) is 24.6 Å². The lowest BCUT2D eigenvalue weighted by atomic mass is 9.92. The maximum atomic E-state index is 12.7. The summed E-state index contributed by atoms with van der Waals surface area (Å²) < 4.78 is 0. The average Bonchev–Trinajstić information content (AvgIpc) is 2.31. The molecule has 1 heterocycles. The Morgan fingerprint density at radius 2 is 1.80 bits per heavy atom. The van der Waals surface area contributed by atoms with Crippen LogP contribution in [0.5, 0.6) is 0 Å². The third-order valence-corrected chi connectivity index (χ3v) is 4.58. The molecule has 2 unspecified atom stereocenters. The van der Waals surface area contributed by atoms with Gasteiger partial charge in [0, 0.05) is 11.6 Å². The second-order valence-corrected chi connectivity index (χ2v) is 6.65. The summed E-state index contributed by atoms with van der Waals surface area (Å²) in [6.45, 7) is 12.4. The largest absolute Gasteiger partial charge is 0.293 e. The molecule has 1 aliphatic rings. The molecule has 1 fully saturated rings. The predicted octanol–water partition coefficient (Wildman–Crippen LogP) is 3.91. The van der Waals surface area contributed by atoms with Crippen molar-refractivity contribution >= 4 is 5.78 Å². The standard InChI is InChI=1S/C18H27NO/c1-12-6-7-19(16(5)10-12)11-17(20)18-14(3)8-13(2)9-15(18)4/h8-9,12,16H,6-7,10-11H2,1-5H3. The van der Waals surface area contributed by atoms with Crippen LogP contribution in [0.3, 0.4) is 0 Å². The van der Waals surface area contributed by atoms with Gasteiger partial charge in [-0.05, 0) is 64.1 Å². The second kappa shape index (κ2) is 6.09. The molecular weight excluding hydrogens is 246 g/mol. The summed E-state index contributed by atoms with van der Waals surface area (Å²) in [5, 5.41) is 0. The number of aryl methyl sites for hydroxylation is 3. The fraction of sp³-hybridized carbons (Fsp3) is 0.611. The summed E-state index contributed by atoms with van der Waals surface area (Å²) in [4.78, 5) is 15.0. The van der Waals surface area contributed by atoms with Crippen LogP contribution < -0.4 is 0 Å². The molecule has 110 valence electrons. The summed E-state index contributed by atoms with van der Waals surface area (Å²) in [5.41, 5.74) is 4.40. The Morgan fingerprint density at radius 3 is 2.35 bits per heavy atom. The Balaban J connectivity index is 2.13. The van der Waals surface area contributed by atoms with Crippen molar-refractivity contribution in [3.8, 4) is 0 Å². The molecule has 1 aliphatic heterocycles. The number of rotatable bonds is 3. The Morgan fingerprint density at radius 1 is 1.20 bits per heavy atom. The number of ketones is 1. The highest BCUT2D eigenvalue weighted by Gasteiger charge is 2.25. The van der Waals surface area contributed by atoms with E-state index in [0.717, 1.165) is 29.2 Å². The van der Waals surface area contributed by atoms with Crippen LogP contribution in [0.1, 0.15) is 53.7 Å². The number of hydrogen-bond acceptors (Lipinski definition) is 2. The van der Waals surface area contributed by atoms with Gasteiger partial charge in [-0.3, -0.25) is 9.69 Å². The minimum Gasteiger partial charge on any atom is -0.293 e. The third-order valence-electron chi connectivity index (χ3n) is 4.58. The molecule has 0 amide bonds. The highest BCUT2D eigenvalue weighted by atomic mass is 16.1. The van der Waals surface area contributed by atoms with Crippen molar-refractivity contribution in [2.24, 2.45) is 5.92 Å². The van der Waals surface area contributed by atoms with Crippen molar-refractivity contribution in [3.63, 3.8) is 0 Å². The van der Waals surface area contributed by atoms with E-state index >= 15 is 0 Å². The summed E-state index contributed by atoms with van der Waals surface area (Å²) in [7, 11) is 0. The molecular formula is C18H27NO. The van der Waals surface area contributed by atoms with Crippen LogP contribution in [0.15, 0.2) is 12.1 Å². The van der Waals surface area contributed by atoms with E-state index in [1.807, 2.05) is 0 Å². The number of nitrogens with zero attached hydrogens (tertiary/aromatic N) is 1. The Hall–Kier alpha value is -1.15. The molecule has 2 rings (SSSR count). The lowest BCUT2D eigenvalue weighted by molar-refractivity contribution is 0.0815. The molecule has 0 saturated carbocycles. The van der Waals surface area contributed by atoms with E-state index in [-0.39, 0.29) is 5.78 Å². The number of hydrogen-bond donors (Lipinski definition) is 0. The Labute approximate surface area is 123 Å². The molecule has 0 bridgehead atoms. The highest BCUT2D eigenvalue weighted by Crippen LogP contribution is 2.23. The highest BCUT2D eigenvalue weighted by molar-refractivity contribution is 6.00. The van der Waals surface area contributed by atoms with Gasteiger partial charge in [-0.2, -0.15) is 0 Å². The zero-order chi connectivity index (χ0) is 14.9. The second-order valence-electron chi connectivity index (χ2n) is 6.65. The van der Waals surface area contributed by atoms with Crippen molar-refractivity contribution in [3.05, 3.63) is 34.4 Å². The van der Waals surface area contributed by atoms with Crippen molar-refractivity contribution in [2.45, 2.75) is 53.5 Å². The quantitative estimate of drug-likeness (QED) is 0.778. The fourth-order valence-corrected chi connectivity index (χ4v) is 3.57. The average molecular weight is 273 g/mol. The van der Waals surface area contributed by atoms with Gasteiger partial charge in [0.1, 0.15) is 0 Å². The van der Waals surface area contributed by atoms with E-state index in [2.05, 4.69) is 51.7 Å². The summed E-state index contributed by atoms with van der Waals surface area (Å²) in [5.74, 6) is 1.07. The van der Waals surface area contributed by atoms with Crippen LogP contribution in [0.4, 0.5) is 0 Å². The normalized spacial score (nSPS) is 23.9. The van der Waals surface area contributed by atoms with Crippen molar-refractivity contribution in [2.75, 3.05) is 13.1 Å². The molecule has 2 heteroatoms. The fourth-order valence-electron chi connectivity index (χ4n) is 3.57. The number of piperidine rings is 1. The topological polar surface area (TPSA) is 20.3 Å². The van der Waals surface area contributed by atoms with Crippen molar-refractivity contribution < 1.29 is 4.79 Å². The molecule has 1 saturated heterocycles. The van der Waals surface area contributed by atoms with Crippen LogP contribution in [0.25, 0.3) is 0 Å². The van der Waals surface area contributed by atoms with Crippen LogP contribution >= 0.6 is 0 Å². The Bertz CT molecular complexity index is 483. The number of likely N-dealkylation sites (tertiary alicyclic amines) is 1. The molecule has 2 nitrogen and oxygen atoms in total. The SMILES string of the molecule is Cc1cc(C)c(C(=O)CN2CCC(C)CC2C)c(C)c1. The Kier molecular flexibility index (Phi) is 4.64. The van der Waals surface area contributed by atoms with Crippen molar-refractivity contribution in [1.82, 2.24) is 4.90 Å². The molecule has 0 aliphatic carbocycles. The van der Waals surface area contributed by atoms with Crippen LogP contribution in [0.2, 0.25) is 0 Å². The van der Waals surface area contributed by atoms with Crippen LogP contribution in [-0.4, -0.2) is 29.8 Å². The monoisotopic (exact) mass is 273 g/mol. The molecule has 0 aromatic heterocycles. The molecule has 2 atom stereocenters. The van der Waals surface area contributed by atoms with E-state index in [1.54, 1.807) is 0 Å². The molecule has 0 radical (unpaired) electrons. The van der Waals surface area contributed by atoms with E-state index in [0.29, 0.717) is 12.6 Å². The lowest BCUT2D eigenvalue weighted by Gasteiger charge is -2.36. The molecule has 0 spiro atoms. The van der Waals surface area contributed by atoms with Gasteiger partial charge in [0.25, 0.3) is 0 Å². The van der Waals surface area contributed by atoms with Gasteiger partial charge < -0.3 is 0 Å². The van der Waals surface area contributed by atoms with E-state index < -0.39 is 0 Å². The predicted molar refractivity (Wildman–Crippen MR) is 84.4 cm³/mol. The molecule has 20 heavy (non-hydrogen) atoms. The number of benzene rings is 1. The number of carbonyl (C=O) groups excluding carboxylic acids is 1. The van der Waals surface area contributed by atoms with Crippen molar-refractivity contribution in [1.29, 1.82) is 0 Å². The maximum Gasteiger partial charge on any atom is 0.177 e. The van der Waals surface area contributed by atoms with E-state index in [1.165, 1.54) is 18.4 Å². The molecule has 0 N–H and O–H groups in total. The van der Waals surface area contributed by atoms with Gasteiger partial charge >= 0.3 is 0 Å². The minimum absolute atomic E-state index is 0.279. The van der Waals surface area contributed by atoms with Gasteiger partial charge in [-0.25, -0.2) is 0 Å². The van der Waals surface area contributed by atoms with Crippen LogP contribution in [-0.2, 0) is 0 Å². The van der Waals surface area contributed by atoms with E-state index in [4.69, 9.17) is 0 Å². The lowest BCUT2D eigenvalue weighted by Crippen LogP contribution is -2.43. The third kappa shape index (κ3) is 3.29. The van der Waals surface area contributed by atoms with Gasteiger partial charge in [-0.15, -0.1) is 0 Å². The first-order valence-electron chi connectivity index (χ1n) is 7.73. The van der Waals surface area contributed by atoms with Gasteiger partial charge in [0.05, 0.1) is 6.54 Å². The van der Waals surface area contributed by atoms with E-state index in [9.17, 15) is 4.79 Å². The zero-order valence-corrected chi connectivity index (χ0v) is 13.5. The summed E-state index contributed by atoms with van der Waals surface area (Å²) in [6, 6.07) is 4.75. The van der Waals surface area contributed by atoms with Gasteiger partial charge in [0.2, 0.25) is 0 Å². The summed E-state index contributed by atoms with van der Waals surface area (Å²) >= 11 is 0. The van der Waals surface area contributed by atoms with Crippen LogP contribution in [0, 0.1) is 26.7 Å². The molecule has 1 aromatic carbocycles.